The van der Waals surface area contributed by atoms with Gasteiger partial charge in [-0.05, 0) is 38.5 Å². The van der Waals surface area contributed by atoms with Gasteiger partial charge in [0.15, 0.2) is 0 Å². The molecule has 2 aliphatic heterocycles. The van der Waals surface area contributed by atoms with Gasteiger partial charge in [0.25, 0.3) is 0 Å². The highest BCUT2D eigenvalue weighted by atomic mass is 16.2. The predicted octanol–water partition coefficient (Wildman–Crippen LogP) is 3.06. The Labute approximate surface area is 135 Å². The van der Waals surface area contributed by atoms with Crippen LogP contribution in [0.25, 0.3) is 0 Å². The number of nitrogens with zero attached hydrogens (tertiary/aromatic N) is 2. The maximum Gasteiger partial charge on any atom is 0.227 e. The minimum Gasteiger partial charge on any atom is -0.341 e. The van der Waals surface area contributed by atoms with E-state index in [-0.39, 0.29) is 23.1 Å². The number of amides is 2. The number of likely N-dealkylation sites (tertiary alicyclic amines) is 2. The summed E-state index contributed by atoms with van der Waals surface area (Å²) in [4.78, 5) is 29.4. The summed E-state index contributed by atoms with van der Waals surface area (Å²) in [5.74, 6) is 0.473. The summed E-state index contributed by atoms with van der Waals surface area (Å²) in [6.07, 6.45) is 6.42. The van der Waals surface area contributed by atoms with Gasteiger partial charge in [-0.15, -0.1) is 0 Å². The molecule has 4 heteroatoms. The summed E-state index contributed by atoms with van der Waals surface area (Å²) in [5, 5.41) is 0. The van der Waals surface area contributed by atoms with Gasteiger partial charge in [-0.3, -0.25) is 9.59 Å². The molecule has 2 atom stereocenters. The van der Waals surface area contributed by atoms with Crippen molar-refractivity contribution in [2.75, 3.05) is 19.6 Å². The fourth-order valence-corrected chi connectivity index (χ4v) is 3.79. The first-order valence-electron chi connectivity index (χ1n) is 8.94. The zero-order valence-electron chi connectivity index (χ0n) is 14.7. The fraction of sp³-hybridized carbons (Fsp3) is 0.889. The molecule has 0 aromatic carbocycles. The van der Waals surface area contributed by atoms with Crippen molar-refractivity contribution >= 4 is 11.8 Å². The molecular formula is C18H32N2O2. The van der Waals surface area contributed by atoms with Crippen molar-refractivity contribution < 1.29 is 9.59 Å². The highest BCUT2D eigenvalue weighted by Crippen LogP contribution is 2.27. The van der Waals surface area contributed by atoms with Crippen molar-refractivity contribution in [2.45, 2.75) is 72.3 Å². The van der Waals surface area contributed by atoms with E-state index in [9.17, 15) is 9.59 Å². The van der Waals surface area contributed by atoms with Gasteiger partial charge in [0.1, 0.15) is 0 Å². The number of carbonyl (C=O) groups is 2. The summed E-state index contributed by atoms with van der Waals surface area (Å²) >= 11 is 0. The Morgan fingerprint density at radius 2 is 1.77 bits per heavy atom. The maximum atomic E-state index is 12.9. The lowest BCUT2D eigenvalue weighted by atomic mass is 9.89. The first kappa shape index (κ1) is 17.3. The minimum atomic E-state index is -0.359. The van der Waals surface area contributed by atoms with Crippen LogP contribution >= 0.6 is 0 Å². The van der Waals surface area contributed by atoms with E-state index in [1.165, 1.54) is 6.42 Å². The molecule has 2 heterocycles. The van der Waals surface area contributed by atoms with E-state index in [1.807, 2.05) is 25.7 Å². The Bertz CT molecular complexity index is 414. The number of hydrogen-bond donors (Lipinski definition) is 0. The monoisotopic (exact) mass is 308 g/mol. The molecule has 126 valence electrons. The Kier molecular flexibility index (Phi) is 5.51. The third-order valence-electron chi connectivity index (χ3n) is 5.08. The number of carbonyl (C=O) groups excluding carboxylic acids is 2. The zero-order chi connectivity index (χ0) is 16.3. The molecule has 0 spiro atoms. The van der Waals surface area contributed by atoms with Crippen molar-refractivity contribution in [3.05, 3.63) is 0 Å². The summed E-state index contributed by atoms with van der Waals surface area (Å²) in [6, 6.07) is 0.412. The molecule has 2 saturated heterocycles. The van der Waals surface area contributed by atoms with Gasteiger partial charge in [0.05, 0.1) is 5.92 Å². The van der Waals surface area contributed by atoms with Crippen molar-refractivity contribution in [1.29, 1.82) is 0 Å². The van der Waals surface area contributed by atoms with Gasteiger partial charge in [0.2, 0.25) is 11.8 Å². The molecule has 2 fully saturated rings. The van der Waals surface area contributed by atoms with Gasteiger partial charge in [0, 0.05) is 31.1 Å². The summed E-state index contributed by atoms with van der Waals surface area (Å²) in [5.41, 5.74) is -0.359. The van der Waals surface area contributed by atoms with Crippen LogP contribution in [0, 0.1) is 11.3 Å². The first-order valence-corrected chi connectivity index (χ1v) is 8.94. The third kappa shape index (κ3) is 3.82. The van der Waals surface area contributed by atoms with Gasteiger partial charge in [-0.2, -0.15) is 0 Å². The molecule has 0 N–H and O–H groups in total. The molecule has 2 unspecified atom stereocenters. The van der Waals surface area contributed by atoms with Gasteiger partial charge in [-0.25, -0.2) is 0 Å². The zero-order valence-corrected chi connectivity index (χ0v) is 14.7. The molecule has 0 radical (unpaired) electrons. The van der Waals surface area contributed by atoms with Crippen LogP contribution in [0.2, 0.25) is 0 Å². The average Bonchev–Trinajstić information content (AvgIpc) is 2.52. The van der Waals surface area contributed by atoms with E-state index in [0.29, 0.717) is 12.6 Å². The highest BCUT2D eigenvalue weighted by molar-refractivity contribution is 5.84. The maximum absolute atomic E-state index is 12.9. The second kappa shape index (κ2) is 7.01. The van der Waals surface area contributed by atoms with Crippen LogP contribution in [0.4, 0.5) is 0 Å². The van der Waals surface area contributed by atoms with Crippen LogP contribution in [0.1, 0.15) is 66.2 Å². The van der Waals surface area contributed by atoms with Crippen LogP contribution in [-0.4, -0.2) is 47.3 Å². The van der Waals surface area contributed by atoms with Crippen molar-refractivity contribution in [2.24, 2.45) is 11.3 Å². The lowest BCUT2D eigenvalue weighted by Gasteiger charge is -2.41. The van der Waals surface area contributed by atoms with E-state index in [2.05, 4.69) is 11.8 Å². The number of rotatable bonds is 2. The normalized spacial score (nSPS) is 26.9. The lowest BCUT2D eigenvalue weighted by molar-refractivity contribution is -0.147. The second-order valence-electron chi connectivity index (χ2n) is 7.93. The van der Waals surface area contributed by atoms with Crippen LogP contribution in [0.15, 0.2) is 0 Å². The Hall–Kier alpha value is -1.06. The quantitative estimate of drug-likeness (QED) is 0.786. The summed E-state index contributed by atoms with van der Waals surface area (Å²) < 4.78 is 0. The average molecular weight is 308 g/mol. The standard InChI is InChI=1S/C18H32N2O2/c1-5-15-10-6-7-12-20(15)16(21)14-9-8-11-19(13-14)17(22)18(2,3)4/h14-15H,5-13H2,1-4H3. The molecule has 2 amide bonds. The van der Waals surface area contributed by atoms with Crippen LogP contribution < -0.4 is 0 Å². The fourth-order valence-electron chi connectivity index (χ4n) is 3.79. The van der Waals surface area contributed by atoms with Crippen LogP contribution in [0.3, 0.4) is 0 Å². The number of hydrogen-bond acceptors (Lipinski definition) is 2. The summed E-state index contributed by atoms with van der Waals surface area (Å²) in [6.45, 7) is 10.4. The van der Waals surface area contributed by atoms with E-state index in [1.54, 1.807) is 0 Å². The first-order chi connectivity index (χ1) is 10.3. The minimum absolute atomic E-state index is 0.00667. The molecule has 2 aliphatic rings. The molecular weight excluding hydrogens is 276 g/mol. The molecule has 0 aliphatic carbocycles. The SMILES string of the molecule is CCC1CCCCN1C(=O)C1CCCN(C(=O)C(C)(C)C)C1. The smallest absolute Gasteiger partial charge is 0.227 e. The molecule has 0 aromatic rings. The number of piperidine rings is 2. The molecule has 22 heavy (non-hydrogen) atoms. The molecule has 2 rings (SSSR count). The van der Waals surface area contributed by atoms with Gasteiger partial charge in [-0.1, -0.05) is 27.7 Å². The van der Waals surface area contributed by atoms with Crippen molar-refractivity contribution in [1.82, 2.24) is 9.80 Å². The topological polar surface area (TPSA) is 40.6 Å². The van der Waals surface area contributed by atoms with Crippen molar-refractivity contribution in [3.8, 4) is 0 Å². The molecule has 0 aromatic heterocycles. The third-order valence-corrected chi connectivity index (χ3v) is 5.08. The molecule has 0 bridgehead atoms. The largest absolute Gasteiger partial charge is 0.341 e. The Balaban J connectivity index is 2.02. The second-order valence-corrected chi connectivity index (χ2v) is 7.93. The van der Waals surface area contributed by atoms with E-state index in [4.69, 9.17) is 0 Å². The molecule has 4 nitrogen and oxygen atoms in total. The molecule has 0 saturated carbocycles. The highest BCUT2D eigenvalue weighted by Gasteiger charge is 2.36. The van der Waals surface area contributed by atoms with Crippen LogP contribution in [-0.2, 0) is 9.59 Å². The predicted molar refractivity (Wildman–Crippen MR) is 88.4 cm³/mol. The Morgan fingerprint density at radius 3 is 2.41 bits per heavy atom. The lowest BCUT2D eigenvalue weighted by Crippen LogP contribution is -2.52. The van der Waals surface area contributed by atoms with E-state index in [0.717, 1.165) is 45.2 Å². The van der Waals surface area contributed by atoms with Crippen molar-refractivity contribution in [3.63, 3.8) is 0 Å². The van der Waals surface area contributed by atoms with Gasteiger partial charge >= 0.3 is 0 Å². The van der Waals surface area contributed by atoms with Gasteiger partial charge < -0.3 is 9.80 Å². The Morgan fingerprint density at radius 1 is 1.05 bits per heavy atom. The van der Waals surface area contributed by atoms with Crippen LogP contribution in [0.5, 0.6) is 0 Å². The summed E-state index contributed by atoms with van der Waals surface area (Å²) in [7, 11) is 0. The van der Waals surface area contributed by atoms with E-state index >= 15 is 0 Å². The van der Waals surface area contributed by atoms with E-state index < -0.39 is 0 Å².